The summed E-state index contributed by atoms with van der Waals surface area (Å²) in [6.45, 7) is 5.83. The first kappa shape index (κ1) is 18.2. The summed E-state index contributed by atoms with van der Waals surface area (Å²) in [5, 5.41) is 11.7. The largest absolute Gasteiger partial charge is 0.389 e. The summed E-state index contributed by atoms with van der Waals surface area (Å²) >= 11 is 6.03. The van der Waals surface area contributed by atoms with Gasteiger partial charge in [-0.1, -0.05) is 30.2 Å². The molecular weight excluding hydrogens is 324 g/mol. The zero-order chi connectivity index (χ0) is 17.2. The number of nitrogens with two attached hydrogens (primary N) is 1. The molecule has 2 atom stereocenters. The van der Waals surface area contributed by atoms with Gasteiger partial charge in [-0.3, -0.25) is 4.90 Å². The average Bonchev–Trinajstić information content (AvgIpc) is 2.48. The molecule has 1 heterocycles. The lowest BCUT2D eigenvalue weighted by Gasteiger charge is -2.49. The van der Waals surface area contributed by atoms with E-state index in [4.69, 9.17) is 22.1 Å². The van der Waals surface area contributed by atoms with Gasteiger partial charge in [-0.15, -0.1) is 0 Å². The minimum Gasteiger partial charge on any atom is -0.389 e. The number of hydrogen-bond donors (Lipinski definition) is 2. The molecular formula is C19H29ClN2O2. The molecule has 0 aromatic heterocycles. The third kappa shape index (κ3) is 3.94. The zero-order valence-corrected chi connectivity index (χ0v) is 15.3. The quantitative estimate of drug-likeness (QED) is 0.826. The second-order valence-corrected chi connectivity index (χ2v) is 8.15. The van der Waals surface area contributed by atoms with E-state index in [1.165, 1.54) is 12.0 Å². The molecule has 2 unspecified atom stereocenters. The van der Waals surface area contributed by atoms with Crippen molar-refractivity contribution >= 4 is 11.6 Å². The average molecular weight is 353 g/mol. The summed E-state index contributed by atoms with van der Waals surface area (Å²) in [5.41, 5.74) is 7.10. The van der Waals surface area contributed by atoms with E-state index in [9.17, 15) is 5.11 Å². The second kappa shape index (κ2) is 7.30. The van der Waals surface area contributed by atoms with Crippen molar-refractivity contribution in [3.63, 3.8) is 0 Å². The molecule has 0 amide bonds. The van der Waals surface area contributed by atoms with Gasteiger partial charge in [-0.2, -0.15) is 0 Å². The number of hydrogen-bond acceptors (Lipinski definition) is 4. The summed E-state index contributed by atoms with van der Waals surface area (Å²) < 4.78 is 5.38. The minimum absolute atomic E-state index is 0.0143. The van der Waals surface area contributed by atoms with E-state index in [1.54, 1.807) is 0 Å². The van der Waals surface area contributed by atoms with Gasteiger partial charge in [-0.05, 0) is 43.9 Å². The maximum atomic E-state index is 10.9. The van der Waals surface area contributed by atoms with Crippen molar-refractivity contribution in [2.45, 2.75) is 49.7 Å². The molecule has 24 heavy (non-hydrogen) atoms. The first-order valence-electron chi connectivity index (χ1n) is 8.95. The predicted octanol–water partition coefficient (Wildman–Crippen LogP) is 2.56. The highest BCUT2D eigenvalue weighted by atomic mass is 35.5. The number of benzene rings is 1. The van der Waals surface area contributed by atoms with Crippen LogP contribution in [-0.2, 0) is 10.2 Å². The summed E-state index contributed by atoms with van der Waals surface area (Å²) in [4.78, 5) is 2.27. The van der Waals surface area contributed by atoms with E-state index < -0.39 is 5.60 Å². The smallest absolute Gasteiger partial charge is 0.0761 e. The Bertz CT molecular complexity index is 537. The van der Waals surface area contributed by atoms with E-state index >= 15 is 0 Å². The van der Waals surface area contributed by atoms with Gasteiger partial charge in [0, 0.05) is 36.1 Å². The van der Waals surface area contributed by atoms with Crippen LogP contribution in [0.25, 0.3) is 0 Å². The molecule has 0 radical (unpaired) electrons. The Balaban J connectivity index is 1.67. The first-order valence-corrected chi connectivity index (χ1v) is 9.33. The Morgan fingerprint density at radius 3 is 2.46 bits per heavy atom. The molecule has 1 aliphatic carbocycles. The Hall–Kier alpha value is -0.650. The van der Waals surface area contributed by atoms with Crippen molar-refractivity contribution in [1.29, 1.82) is 0 Å². The van der Waals surface area contributed by atoms with Crippen molar-refractivity contribution < 1.29 is 9.84 Å². The van der Waals surface area contributed by atoms with Crippen LogP contribution in [0.1, 0.15) is 38.2 Å². The number of nitrogens with zero attached hydrogens (tertiary/aromatic N) is 1. The standard InChI is InChI=1S/C19H29ClN2O2/c1-18(23,14-22-9-11-24-12-10-22)13-17(21)19(7-2-8-19)15-3-5-16(20)6-4-15/h3-6,17,23H,2,7-14,21H2,1H3. The number of β-amino-alcohol motifs (C(OH)–C–C–N with tert-alkyl or cyclic N) is 1. The summed E-state index contributed by atoms with van der Waals surface area (Å²) in [5.74, 6) is 0. The number of rotatable bonds is 6. The molecule has 4 nitrogen and oxygen atoms in total. The summed E-state index contributed by atoms with van der Waals surface area (Å²) in [6, 6.07) is 8.02. The van der Waals surface area contributed by atoms with Crippen molar-refractivity contribution in [3.8, 4) is 0 Å². The lowest BCUT2D eigenvalue weighted by Crippen LogP contribution is -2.55. The zero-order valence-electron chi connectivity index (χ0n) is 14.5. The van der Waals surface area contributed by atoms with Crippen molar-refractivity contribution in [2.24, 2.45) is 5.73 Å². The molecule has 1 aromatic carbocycles. The maximum absolute atomic E-state index is 10.9. The molecule has 1 saturated carbocycles. The van der Waals surface area contributed by atoms with Crippen LogP contribution >= 0.6 is 11.6 Å². The number of ether oxygens (including phenoxy) is 1. The van der Waals surface area contributed by atoms with E-state index in [2.05, 4.69) is 17.0 Å². The predicted molar refractivity (Wildman–Crippen MR) is 97.5 cm³/mol. The normalized spacial score (nSPS) is 24.8. The van der Waals surface area contributed by atoms with Gasteiger partial charge < -0.3 is 15.6 Å². The summed E-state index contributed by atoms with van der Waals surface area (Å²) in [7, 11) is 0. The maximum Gasteiger partial charge on any atom is 0.0761 e. The van der Waals surface area contributed by atoms with Crippen molar-refractivity contribution in [1.82, 2.24) is 4.90 Å². The van der Waals surface area contributed by atoms with Gasteiger partial charge in [0.1, 0.15) is 0 Å². The first-order chi connectivity index (χ1) is 11.4. The molecule has 1 saturated heterocycles. The highest BCUT2D eigenvalue weighted by Gasteiger charge is 2.46. The highest BCUT2D eigenvalue weighted by Crippen LogP contribution is 2.47. The van der Waals surface area contributed by atoms with Crippen molar-refractivity contribution in [2.75, 3.05) is 32.8 Å². The topological polar surface area (TPSA) is 58.7 Å². The molecule has 5 heteroatoms. The van der Waals surface area contributed by atoms with Crippen molar-refractivity contribution in [3.05, 3.63) is 34.9 Å². The number of aliphatic hydroxyl groups is 1. The van der Waals surface area contributed by atoms with Gasteiger partial charge in [0.25, 0.3) is 0 Å². The lowest BCUT2D eigenvalue weighted by molar-refractivity contribution is -0.0358. The second-order valence-electron chi connectivity index (χ2n) is 7.71. The Morgan fingerprint density at radius 1 is 1.29 bits per heavy atom. The third-order valence-electron chi connectivity index (χ3n) is 5.70. The fourth-order valence-electron chi connectivity index (χ4n) is 4.19. The van der Waals surface area contributed by atoms with Crippen LogP contribution in [0.4, 0.5) is 0 Å². The molecule has 0 spiro atoms. The SMILES string of the molecule is CC(O)(CC(N)C1(c2ccc(Cl)cc2)CCC1)CN1CCOCC1. The molecule has 1 aromatic rings. The van der Waals surface area contributed by atoms with E-state index in [0.29, 0.717) is 13.0 Å². The van der Waals surface area contributed by atoms with Gasteiger partial charge in [0.05, 0.1) is 18.8 Å². The molecule has 1 aliphatic heterocycles. The van der Waals surface area contributed by atoms with Crippen LogP contribution in [0.5, 0.6) is 0 Å². The van der Waals surface area contributed by atoms with E-state index in [1.807, 2.05) is 19.1 Å². The van der Waals surface area contributed by atoms with Crippen LogP contribution < -0.4 is 5.73 Å². The molecule has 3 N–H and O–H groups in total. The monoisotopic (exact) mass is 352 g/mol. The fraction of sp³-hybridized carbons (Fsp3) is 0.684. The Kier molecular flexibility index (Phi) is 5.52. The molecule has 2 fully saturated rings. The lowest BCUT2D eigenvalue weighted by atomic mass is 9.59. The highest BCUT2D eigenvalue weighted by molar-refractivity contribution is 6.30. The molecule has 0 bridgehead atoms. The molecule has 2 aliphatic rings. The number of halogens is 1. The Labute approximate surface area is 149 Å². The van der Waals surface area contributed by atoms with Crippen LogP contribution in [0.15, 0.2) is 24.3 Å². The van der Waals surface area contributed by atoms with E-state index in [-0.39, 0.29) is 11.5 Å². The van der Waals surface area contributed by atoms with Crippen LogP contribution in [0.3, 0.4) is 0 Å². The van der Waals surface area contributed by atoms with E-state index in [0.717, 1.165) is 44.2 Å². The fourth-order valence-corrected chi connectivity index (χ4v) is 4.31. The number of morpholine rings is 1. The van der Waals surface area contributed by atoms with Gasteiger partial charge in [0.15, 0.2) is 0 Å². The molecule has 3 rings (SSSR count). The van der Waals surface area contributed by atoms with Gasteiger partial charge in [-0.25, -0.2) is 0 Å². The van der Waals surface area contributed by atoms with Crippen LogP contribution in [-0.4, -0.2) is 54.5 Å². The van der Waals surface area contributed by atoms with Gasteiger partial charge in [0.2, 0.25) is 0 Å². The van der Waals surface area contributed by atoms with Crippen LogP contribution in [0, 0.1) is 0 Å². The van der Waals surface area contributed by atoms with Gasteiger partial charge >= 0.3 is 0 Å². The summed E-state index contributed by atoms with van der Waals surface area (Å²) in [6.07, 6.45) is 3.97. The van der Waals surface area contributed by atoms with Crippen LogP contribution in [0.2, 0.25) is 5.02 Å². The third-order valence-corrected chi connectivity index (χ3v) is 5.95. The molecule has 134 valence electrons. The minimum atomic E-state index is -0.786. The Morgan fingerprint density at radius 2 is 1.92 bits per heavy atom.